The SMILES string of the molecule is N=C1SC(=Cc2ccc(-c3cc(Cl)cc(Cl)c3)o2)C(=O)N1c1ccc(OC(F)(F)F)cc1. The minimum atomic E-state index is -4.82. The summed E-state index contributed by atoms with van der Waals surface area (Å²) in [6.07, 6.45) is -3.33. The van der Waals surface area contributed by atoms with E-state index in [1.165, 1.54) is 18.2 Å². The average Bonchev–Trinajstić information content (AvgIpc) is 3.26. The number of halogens is 5. The minimum absolute atomic E-state index is 0.0980. The van der Waals surface area contributed by atoms with Crippen LogP contribution in [-0.4, -0.2) is 17.4 Å². The third-order valence-electron chi connectivity index (χ3n) is 4.20. The highest BCUT2D eigenvalue weighted by molar-refractivity contribution is 8.19. The van der Waals surface area contributed by atoms with Crippen LogP contribution in [-0.2, 0) is 4.79 Å². The molecule has 164 valence electrons. The van der Waals surface area contributed by atoms with Gasteiger partial charge in [-0.1, -0.05) is 23.2 Å². The number of rotatable bonds is 4. The van der Waals surface area contributed by atoms with Crippen molar-refractivity contribution >= 4 is 57.8 Å². The van der Waals surface area contributed by atoms with Crippen LogP contribution in [0.5, 0.6) is 5.75 Å². The molecule has 11 heteroatoms. The van der Waals surface area contributed by atoms with E-state index >= 15 is 0 Å². The molecule has 0 aliphatic carbocycles. The molecule has 0 spiro atoms. The second-order valence-corrected chi connectivity index (χ2v) is 8.36. The highest BCUT2D eigenvalue weighted by atomic mass is 35.5. The smallest absolute Gasteiger partial charge is 0.457 e. The molecule has 1 aliphatic rings. The van der Waals surface area contributed by atoms with Gasteiger partial charge in [0, 0.05) is 21.7 Å². The van der Waals surface area contributed by atoms with Gasteiger partial charge in [0.05, 0.1) is 10.6 Å². The van der Waals surface area contributed by atoms with Crippen LogP contribution in [0, 0.1) is 5.41 Å². The number of carbonyl (C=O) groups is 1. The summed E-state index contributed by atoms with van der Waals surface area (Å²) in [6, 6.07) is 13.0. The van der Waals surface area contributed by atoms with Crippen LogP contribution in [0.4, 0.5) is 18.9 Å². The molecule has 0 saturated carbocycles. The van der Waals surface area contributed by atoms with Crippen LogP contribution >= 0.6 is 35.0 Å². The van der Waals surface area contributed by atoms with Crippen molar-refractivity contribution in [2.45, 2.75) is 6.36 Å². The van der Waals surface area contributed by atoms with E-state index in [9.17, 15) is 18.0 Å². The fourth-order valence-corrected chi connectivity index (χ4v) is 4.30. The molecule has 0 atom stereocenters. The van der Waals surface area contributed by atoms with E-state index in [2.05, 4.69) is 4.74 Å². The standard InChI is InChI=1S/C21H11Cl2F3N2O3S/c22-12-7-11(8-13(23)9-12)17-6-5-16(30-17)10-18-19(29)28(20(27)32-18)14-1-3-15(4-2-14)31-21(24,25)26/h1-10,27H. The van der Waals surface area contributed by atoms with Gasteiger partial charge in [0.2, 0.25) is 0 Å². The molecule has 1 N–H and O–H groups in total. The van der Waals surface area contributed by atoms with E-state index < -0.39 is 18.0 Å². The normalized spacial score (nSPS) is 15.7. The molecule has 2 aromatic carbocycles. The number of anilines is 1. The molecule has 1 saturated heterocycles. The van der Waals surface area contributed by atoms with Crippen LogP contribution in [0.2, 0.25) is 10.0 Å². The largest absolute Gasteiger partial charge is 0.573 e. The van der Waals surface area contributed by atoms with Gasteiger partial charge in [-0.3, -0.25) is 15.1 Å². The van der Waals surface area contributed by atoms with Gasteiger partial charge in [-0.25, -0.2) is 0 Å². The van der Waals surface area contributed by atoms with Crippen LogP contribution in [0.3, 0.4) is 0 Å². The Morgan fingerprint density at radius 2 is 1.69 bits per heavy atom. The van der Waals surface area contributed by atoms with Crippen LogP contribution in [0.1, 0.15) is 5.76 Å². The summed E-state index contributed by atoms with van der Waals surface area (Å²) in [7, 11) is 0. The molecule has 1 amide bonds. The first kappa shape index (κ1) is 22.3. The van der Waals surface area contributed by atoms with Crippen LogP contribution in [0.25, 0.3) is 17.4 Å². The molecule has 1 aliphatic heterocycles. The van der Waals surface area contributed by atoms with Gasteiger partial charge in [0.15, 0.2) is 5.17 Å². The second kappa shape index (κ2) is 8.57. The third kappa shape index (κ3) is 4.95. The summed E-state index contributed by atoms with van der Waals surface area (Å²) in [4.78, 5) is 14.1. The number of furan rings is 1. The number of thioether (sulfide) groups is 1. The number of benzene rings is 2. The van der Waals surface area contributed by atoms with Crippen molar-refractivity contribution in [3.05, 3.63) is 75.3 Å². The Kier molecular flexibility index (Phi) is 5.98. The fraction of sp³-hybridized carbons (Fsp3) is 0.0476. The van der Waals surface area contributed by atoms with Crippen molar-refractivity contribution in [1.29, 1.82) is 5.41 Å². The van der Waals surface area contributed by atoms with Gasteiger partial charge in [-0.15, -0.1) is 13.2 Å². The van der Waals surface area contributed by atoms with Crippen molar-refractivity contribution in [2.75, 3.05) is 4.90 Å². The average molecular weight is 499 g/mol. The Morgan fingerprint density at radius 3 is 2.31 bits per heavy atom. The maximum atomic E-state index is 12.8. The van der Waals surface area contributed by atoms with Gasteiger partial charge >= 0.3 is 6.36 Å². The summed E-state index contributed by atoms with van der Waals surface area (Å²) in [5, 5.41) is 8.90. The number of hydrogen-bond donors (Lipinski definition) is 1. The Labute approximate surface area is 193 Å². The first-order valence-electron chi connectivity index (χ1n) is 8.84. The van der Waals surface area contributed by atoms with Crippen LogP contribution < -0.4 is 9.64 Å². The quantitative estimate of drug-likeness (QED) is 0.386. The third-order valence-corrected chi connectivity index (χ3v) is 5.52. The summed E-state index contributed by atoms with van der Waals surface area (Å²) in [5.41, 5.74) is 0.896. The highest BCUT2D eigenvalue weighted by Crippen LogP contribution is 2.37. The molecule has 5 nitrogen and oxygen atoms in total. The summed E-state index contributed by atoms with van der Waals surface area (Å²) in [5.74, 6) is -0.0697. The number of amidine groups is 1. The van der Waals surface area contributed by atoms with E-state index in [1.807, 2.05) is 0 Å². The van der Waals surface area contributed by atoms with Crippen molar-refractivity contribution in [2.24, 2.45) is 0 Å². The number of nitrogens with one attached hydrogen (secondary N) is 1. The van der Waals surface area contributed by atoms with Crippen LogP contribution in [0.15, 0.2) is 63.9 Å². The molecule has 0 radical (unpaired) electrons. The molecule has 1 fully saturated rings. The van der Waals surface area contributed by atoms with Crippen molar-refractivity contribution in [1.82, 2.24) is 0 Å². The number of hydrogen-bond acceptors (Lipinski definition) is 5. The predicted octanol–water partition coefficient (Wildman–Crippen LogP) is 7.21. The van der Waals surface area contributed by atoms with Crippen molar-refractivity contribution < 1.29 is 27.1 Å². The lowest BCUT2D eigenvalue weighted by Crippen LogP contribution is -2.28. The first-order chi connectivity index (χ1) is 15.1. The maximum Gasteiger partial charge on any atom is 0.573 e. The number of nitrogens with zero attached hydrogens (tertiary/aromatic N) is 1. The van der Waals surface area contributed by atoms with E-state index in [4.69, 9.17) is 33.0 Å². The van der Waals surface area contributed by atoms with Crippen molar-refractivity contribution in [3.8, 4) is 17.1 Å². The molecule has 4 rings (SSSR count). The topological polar surface area (TPSA) is 66.5 Å². The van der Waals surface area contributed by atoms with E-state index in [0.29, 0.717) is 27.1 Å². The summed E-state index contributed by atoms with van der Waals surface area (Å²) in [6.45, 7) is 0. The van der Waals surface area contributed by atoms with E-state index in [1.54, 1.807) is 30.3 Å². The van der Waals surface area contributed by atoms with Gasteiger partial charge in [0.25, 0.3) is 5.91 Å². The molecular weight excluding hydrogens is 488 g/mol. The Hall–Kier alpha value is -2.88. The highest BCUT2D eigenvalue weighted by Gasteiger charge is 2.34. The monoisotopic (exact) mass is 498 g/mol. The molecule has 0 unspecified atom stereocenters. The minimum Gasteiger partial charge on any atom is -0.457 e. The number of ether oxygens (including phenoxy) is 1. The van der Waals surface area contributed by atoms with E-state index in [0.717, 1.165) is 28.8 Å². The predicted molar refractivity (Wildman–Crippen MR) is 118 cm³/mol. The molecular formula is C21H11Cl2F3N2O3S. The van der Waals surface area contributed by atoms with Gasteiger partial charge in [-0.2, -0.15) is 0 Å². The first-order valence-corrected chi connectivity index (χ1v) is 10.4. The Balaban J connectivity index is 1.55. The maximum absolute atomic E-state index is 12.8. The Bertz CT molecular complexity index is 1220. The number of alkyl halides is 3. The second-order valence-electron chi connectivity index (χ2n) is 6.46. The lowest BCUT2D eigenvalue weighted by Gasteiger charge is -2.15. The molecule has 2 heterocycles. The molecule has 0 bridgehead atoms. The fourth-order valence-electron chi connectivity index (χ4n) is 2.93. The molecule has 3 aromatic rings. The zero-order valence-electron chi connectivity index (χ0n) is 15.7. The number of amides is 1. The molecule has 1 aromatic heterocycles. The lowest BCUT2D eigenvalue weighted by molar-refractivity contribution is -0.274. The summed E-state index contributed by atoms with van der Waals surface area (Å²) < 4.78 is 46.5. The van der Waals surface area contributed by atoms with Gasteiger partial charge in [0.1, 0.15) is 17.3 Å². The zero-order chi connectivity index (χ0) is 23.0. The Morgan fingerprint density at radius 1 is 1.03 bits per heavy atom. The van der Waals surface area contributed by atoms with Crippen molar-refractivity contribution in [3.63, 3.8) is 0 Å². The van der Waals surface area contributed by atoms with E-state index in [-0.39, 0.29) is 15.8 Å². The van der Waals surface area contributed by atoms with Gasteiger partial charge in [-0.05, 0) is 66.4 Å². The zero-order valence-corrected chi connectivity index (χ0v) is 18.1. The number of carbonyl (C=O) groups excluding carboxylic acids is 1. The molecule has 32 heavy (non-hydrogen) atoms. The lowest BCUT2D eigenvalue weighted by atomic mass is 10.2. The summed E-state index contributed by atoms with van der Waals surface area (Å²) >= 11 is 12.9. The van der Waals surface area contributed by atoms with Gasteiger partial charge < -0.3 is 9.15 Å².